The highest BCUT2D eigenvalue weighted by Crippen LogP contribution is 2.23. The molecule has 1 fully saturated rings. The highest BCUT2D eigenvalue weighted by atomic mass is 19.1. The van der Waals surface area contributed by atoms with Crippen LogP contribution in [0.2, 0.25) is 0 Å². The number of benzene rings is 1. The van der Waals surface area contributed by atoms with Crippen molar-refractivity contribution in [2.45, 2.75) is 38.6 Å². The van der Waals surface area contributed by atoms with Gasteiger partial charge in [-0.25, -0.2) is 8.78 Å². The minimum absolute atomic E-state index is 0.146. The van der Waals surface area contributed by atoms with Gasteiger partial charge in [0.25, 0.3) is 0 Å². The van der Waals surface area contributed by atoms with E-state index >= 15 is 0 Å². The third-order valence-electron chi connectivity index (χ3n) is 4.82. The molecule has 0 bridgehead atoms. The van der Waals surface area contributed by atoms with Crippen LogP contribution in [0.1, 0.15) is 31.2 Å². The van der Waals surface area contributed by atoms with Crippen LogP contribution in [-0.2, 0) is 17.8 Å². The molecular weight excluding hydrogens is 324 g/mol. The molecule has 0 saturated carbocycles. The highest BCUT2D eigenvalue weighted by molar-refractivity contribution is 5.76. The van der Waals surface area contributed by atoms with Gasteiger partial charge in [0.05, 0.1) is 0 Å². The summed E-state index contributed by atoms with van der Waals surface area (Å²) < 4.78 is 28.5. The van der Waals surface area contributed by atoms with E-state index in [2.05, 4.69) is 5.10 Å². The second-order valence-corrected chi connectivity index (χ2v) is 6.64. The van der Waals surface area contributed by atoms with Gasteiger partial charge in [-0.15, -0.1) is 0 Å². The standard InChI is InChI=1S/C19H23F2N3O/c20-17-7-6-16(18(21)13-17)5-4-15-3-1-10-23(14-15)19(25)8-12-24-11-2-9-22-24/h2,6-7,9,11,13,15H,1,3-5,8,10,12,14H2/t15-/m1/s1. The summed E-state index contributed by atoms with van der Waals surface area (Å²) in [5.41, 5.74) is 0.545. The van der Waals surface area contributed by atoms with Crippen molar-refractivity contribution >= 4 is 5.91 Å². The Morgan fingerprint density at radius 3 is 2.96 bits per heavy atom. The third kappa shape index (κ3) is 4.87. The maximum atomic E-state index is 13.7. The maximum Gasteiger partial charge on any atom is 0.224 e. The summed E-state index contributed by atoms with van der Waals surface area (Å²) in [5.74, 6) is -0.518. The Kier molecular flexibility index (Phi) is 5.79. The summed E-state index contributed by atoms with van der Waals surface area (Å²) in [6.45, 7) is 2.11. The van der Waals surface area contributed by atoms with Gasteiger partial charge in [0.15, 0.2) is 0 Å². The molecule has 1 aliphatic heterocycles. The molecule has 3 rings (SSSR count). The number of aryl methyl sites for hydroxylation is 2. The Labute approximate surface area is 146 Å². The number of carbonyl (C=O) groups excluding carboxylic acids is 1. The first-order valence-corrected chi connectivity index (χ1v) is 8.81. The number of halogens is 2. The van der Waals surface area contributed by atoms with Gasteiger partial charge in [0.2, 0.25) is 5.91 Å². The van der Waals surface area contributed by atoms with Crippen LogP contribution < -0.4 is 0 Å². The topological polar surface area (TPSA) is 38.1 Å². The van der Waals surface area contributed by atoms with Crippen molar-refractivity contribution in [2.75, 3.05) is 13.1 Å². The van der Waals surface area contributed by atoms with Crippen molar-refractivity contribution in [2.24, 2.45) is 5.92 Å². The first kappa shape index (κ1) is 17.6. The molecule has 25 heavy (non-hydrogen) atoms. The quantitative estimate of drug-likeness (QED) is 0.803. The molecule has 1 aliphatic rings. The summed E-state index contributed by atoms with van der Waals surface area (Å²) in [6, 6.07) is 5.59. The highest BCUT2D eigenvalue weighted by Gasteiger charge is 2.23. The van der Waals surface area contributed by atoms with Gasteiger partial charge in [0.1, 0.15) is 11.6 Å². The van der Waals surface area contributed by atoms with Crippen molar-refractivity contribution in [3.8, 4) is 0 Å². The SMILES string of the molecule is O=C(CCn1cccn1)N1CCC[C@H](CCc2ccc(F)cc2F)C1. The molecular formula is C19H23F2N3O. The van der Waals surface area contributed by atoms with Gasteiger partial charge in [-0.05, 0) is 49.3 Å². The molecule has 1 aromatic carbocycles. The maximum absolute atomic E-state index is 13.7. The number of nitrogens with zero attached hydrogens (tertiary/aromatic N) is 3. The van der Waals surface area contributed by atoms with E-state index in [-0.39, 0.29) is 5.91 Å². The molecule has 0 spiro atoms. The first-order valence-electron chi connectivity index (χ1n) is 8.81. The lowest BCUT2D eigenvalue weighted by Gasteiger charge is -2.33. The second kappa shape index (κ2) is 8.23. The van der Waals surface area contributed by atoms with E-state index in [0.29, 0.717) is 30.9 Å². The summed E-state index contributed by atoms with van der Waals surface area (Å²) in [6.07, 6.45) is 7.41. The van der Waals surface area contributed by atoms with Crippen molar-refractivity contribution in [3.05, 3.63) is 53.9 Å². The van der Waals surface area contributed by atoms with E-state index in [9.17, 15) is 13.6 Å². The average Bonchev–Trinajstić information content (AvgIpc) is 3.13. The minimum atomic E-state index is -0.548. The van der Waals surface area contributed by atoms with Crippen LogP contribution in [0.5, 0.6) is 0 Å². The van der Waals surface area contributed by atoms with E-state index in [1.165, 1.54) is 12.1 Å². The Bertz CT molecular complexity index is 703. The van der Waals surface area contributed by atoms with E-state index < -0.39 is 11.6 Å². The van der Waals surface area contributed by atoms with Crippen LogP contribution >= 0.6 is 0 Å². The van der Waals surface area contributed by atoms with E-state index in [1.807, 2.05) is 17.2 Å². The minimum Gasteiger partial charge on any atom is -0.342 e. The molecule has 2 aromatic rings. The van der Waals surface area contributed by atoms with E-state index in [1.54, 1.807) is 10.9 Å². The van der Waals surface area contributed by atoms with Crippen LogP contribution in [0.4, 0.5) is 8.78 Å². The fraction of sp³-hybridized carbons (Fsp3) is 0.474. The summed E-state index contributed by atoms with van der Waals surface area (Å²) in [5, 5.41) is 4.11. The fourth-order valence-corrected chi connectivity index (χ4v) is 3.41. The van der Waals surface area contributed by atoms with Crippen LogP contribution in [0.15, 0.2) is 36.7 Å². The number of likely N-dealkylation sites (tertiary alicyclic amines) is 1. The zero-order valence-corrected chi connectivity index (χ0v) is 14.2. The zero-order chi connectivity index (χ0) is 17.6. The number of aromatic nitrogens is 2. The molecule has 0 radical (unpaired) electrons. The summed E-state index contributed by atoms with van der Waals surface area (Å²) in [7, 11) is 0. The zero-order valence-electron chi connectivity index (χ0n) is 14.2. The van der Waals surface area contributed by atoms with Gasteiger partial charge in [-0.2, -0.15) is 5.10 Å². The van der Waals surface area contributed by atoms with Crippen molar-refractivity contribution in [1.82, 2.24) is 14.7 Å². The van der Waals surface area contributed by atoms with Gasteiger partial charge in [-0.1, -0.05) is 6.07 Å². The normalized spacial score (nSPS) is 17.7. The predicted octanol–water partition coefficient (Wildman–Crippen LogP) is 3.42. The molecule has 0 unspecified atom stereocenters. The number of hydrogen-bond donors (Lipinski definition) is 0. The van der Waals surface area contributed by atoms with Gasteiger partial charge < -0.3 is 4.90 Å². The van der Waals surface area contributed by atoms with Gasteiger partial charge in [-0.3, -0.25) is 9.48 Å². The molecule has 134 valence electrons. The monoisotopic (exact) mass is 347 g/mol. The lowest BCUT2D eigenvalue weighted by molar-refractivity contribution is -0.133. The molecule has 0 N–H and O–H groups in total. The largest absolute Gasteiger partial charge is 0.342 e. The molecule has 6 heteroatoms. The fourth-order valence-electron chi connectivity index (χ4n) is 3.41. The van der Waals surface area contributed by atoms with Crippen LogP contribution in [-0.4, -0.2) is 33.7 Å². The Hall–Kier alpha value is -2.24. The number of amides is 1. The van der Waals surface area contributed by atoms with Crippen LogP contribution in [0.3, 0.4) is 0 Å². The molecule has 1 atom stereocenters. The summed E-state index contributed by atoms with van der Waals surface area (Å²) in [4.78, 5) is 14.3. The third-order valence-corrected chi connectivity index (χ3v) is 4.82. The molecule has 1 aromatic heterocycles. The number of hydrogen-bond acceptors (Lipinski definition) is 2. The smallest absolute Gasteiger partial charge is 0.224 e. The summed E-state index contributed by atoms with van der Waals surface area (Å²) >= 11 is 0. The van der Waals surface area contributed by atoms with E-state index in [0.717, 1.165) is 38.4 Å². The molecule has 2 heterocycles. The van der Waals surface area contributed by atoms with Gasteiger partial charge in [0, 0.05) is 44.5 Å². The number of piperidine rings is 1. The Balaban J connectivity index is 1.48. The number of carbonyl (C=O) groups is 1. The lowest BCUT2D eigenvalue weighted by Crippen LogP contribution is -2.40. The van der Waals surface area contributed by atoms with Crippen molar-refractivity contribution < 1.29 is 13.6 Å². The van der Waals surface area contributed by atoms with E-state index in [4.69, 9.17) is 0 Å². The Morgan fingerprint density at radius 2 is 2.20 bits per heavy atom. The lowest BCUT2D eigenvalue weighted by atomic mass is 9.91. The Morgan fingerprint density at radius 1 is 1.32 bits per heavy atom. The molecule has 1 amide bonds. The average molecular weight is 347 g/mol. The molecule has 4 nitrogen and oxygen atoms in total. The van der Waals surface area contributed by atoms with Crippen LogP contribution in [0.25, 0.3) is 0 Å². The van der Waals surface area contributed by atoms with Crippen molar-refractivity contribution in [1.29, 1.82) is 0 Å². The van der Waals surface area contributed by atoms with Crippen LogP contribution in [0, 0.1) is 17.6 Å². The first-order chi connectivity index (χ1) is 12.1. The van der Waals surface area contributed by atoms with Crippen molar-refractivity contribution in [3.63, 3.8) is 0 Å². The molecule has 0 aliphatic carbocycles. The second-order valence-electron chi connectivity index (χ2n) is 6.64. The molecule has 1 saturated heterocycles. The number of rotatable bonds is 6. The van der Waals surface area contributed by atoms with Gasteiger partial charge >= 0.3 is 0 Å². The predicted molar refractivity (Wildman–Crippen MR) is 90.8 cm³/mol.